The molecule has 0 saturated carbocycles. The molecular weight excluding hydrogens is 192 g/mol. The van der Waals surface area contributed by atoms with Gasteiger partial charge in [0.25, 0.3) is 5.91 Å². The normalized spacial score (nSPS) is 15.0. The van der Waals surface area contributed by atoms with Crippen LogP contribution in [0.2, 0.25) is 0 Å². The Balaban J connectivity index is 1.88. The van der Waals surface area contributed by atoms with Gasteiger partial charge in [0.15, 0.2) is 0 Å². The van der Waals surface area contributed by atoms with Gasteiger partial charge < -0.3 is 5.32 Å². The largest absolute Gasteiger partial charge is 0.305 e. The Kier molecular flexibility index (Phi) is 2.99. The lowest BCUT2D eigenvalue weighted by Crippen LogP contribution is -2.38. The zero-order valence-electron chi connectivity index (χ0n) is 8.36. The minimum absolute atomic E-state index is 0.162. The third-order valence-corrected chi connectivity index (χ3v) is 2.73. The molecule has 0 atom stereocenters. The Morgan fingerprint density at radius 1 is 1.33 bits per heavy atom. The van der Waals surface area contributed by atoms with E-state index in [4.69, 9.17) is 5.21 Å². The summed E-state index contributed by atoms with van der Waals surface area (Å²) >= 11 is 0. The summed E-state index contributed by atoms with van der Waals surface area (Å²) in [6.45, 7) is 0.162. The molecule has 1 aliphatic rings. The highest BCUT2D eigenvalue weighted by Crippen LogP contribution is 2.21. The molecule has 0 bridgehead atoms. The Labute approximate surface area is 88.3 Å². The van der Waals surface area contributed by atoms with Crippen LogP contribution < -0.4 is 10.8 Å². The second-order valence-electron chi connectivity index (χ2n) is 3.79. The number of hydroxylamine groups is 1. The predicted molar refractivity (Wildman–Crippen MR) is 55.6 cm³/mol. The summed E-state index contributed by atoms with van der Waals surface area (Å²) in [7, 11) is 0. The molecule has 0 unspecified atom stereocenters. The van der Waals surface area contributed by atoms with Crippen molar-refractivity contribution in [1.29, 1.82) is 0 Å². The first kappa shape index (κ1) is 10.1. The van der Waals surface area contributed by atoms with Crippen LogP contribution in [0.1, 0.15) is 11.1 Å². The molecule has 0 aliphatic heterocycles. The van der Waals surface area contributed by atoms with Crippen LogP contribution >= 0.6 is 0 Å². The van der Waals surface area contributed by atoms with Crippen molar-refractivity contribution in [2.75, 3.05) is 6.54 Å². The molecule has 0 fully saturated rings. The van der Waals surface area contributed by atoms with Crippen molar-refractivity contribution in [2.45, 2.75) is 18.9 Å². The van der Waals surface area contributed by atoms with Gasteiger partial charge >= 0.3 is 0 Å². The molecule has 80 valence electrons. The van der Waals surface area contributed by atoms with Crippen molar-refractivity contribution in [2.24, 2.45) is 0 Å². The lowest BCUT2D eigenvalue weighted by molar-refractivity contribution is -0.128. The quantitative estimate of drug-likeness (QED) is 0.490. The number of nitrogens with one attached hydrogen (secondary N) is 2. The smallest absolute Gasteiger partial charge is 0.257 e. The molecule has 0 heterocycles. The number of amides is 1. The van der Waals surface area contributed by atoms with Gasteiger partial charge in [0, 0.05) is 6.04 Å². The van der Waals surface area contributed by atoms with Crippen LogP contribution in [-0.2, 0) is 17.6 Å². The average molecular weight is 206 g/mol. The van der Waals surface area contributed by atoms with E-state index in [-0.39, 0.29) is 6.54 Å². The van der Waals surface area contributed by atoms with E-state index in [1.165, 1.54) is 11.1 Å². The minimum atomic E-state index is -0.397. The number of hydrogen-bond acceptors (Lipinski definition) is 3. The monoisotopic (exact) mass is 206 g/mol. The molecular formula is C11H14N2O2. The van der Waals surface area contributed by atoms with Crippen molar-refractivity contribution < 1.29 is 10.0 Å². The van der Waals surface area contributed by atoms with E-state index in [0.29, 0.717) is 6.04 Å². The maximum absolute atomic E-state index is 10.8. The maximum atomic E-state index is 10.8. The van der Waals surface area contributed by atoms with E-state index in [0.717, 1.165) is 12.8 Å². The second kappa shape index (κ2) is 4.42. The van der Waals surface area contributed by atoms with Crippen molar-refractivity contribution in [3.63, 3.8) is 0 Å². The Morgan fingerprint density at radius 3 is 2.47 bits per heavy atom. The summed E-state index contributed by atoms with van der Waals surface area (Å²) in [5.41, 5.74) is 4.30. The van der Waals surface area contributed by atoms with Crippen LogP contribution in [0.4, 0.5) is 0 Å². The molecule has 1 aromatic rings. The fourth-order valence-electron chi connectivity index (χ4n) is 1.98. The molecule has 4 heteroatoms. The molecule has 1 aliphatic carbocycles. The van der Waals surface area contributed by atoms with Crippen molar-refractivity contribution in [3.8, 4) is 0 Å². The summed E-state index contributed by atoms with van der Waals surface area (Å²) in [4.78, 5) is 10.8. The van der Waals surface area contributed by atoms with Crippen LogP contribution in [0.5, 0.6) is 0 Å². The van der Waals surface area contributed by atoms with E-state index >= 15 is 0 Å². The van der Waals surface area contributed by atoms with Crippen molar-refractivity contribution in [1.82, 2.24) is 10.8 Å². The van der Waals surface area contributed by atoms with Gasteiger partial charge in [-0.05, 0) is 24.0 Å². The van der Waals surface area contributed by atoms with Gasteiger partial charge in [0.2, 0.25) is 0 Å². The fraction of sp³-hybridized carbons (Fsp3) is 0.364. The summed E-state index contributed by atoms with van der Waals surface area (Å²) in [5.74, 6) is -0.397. The summed E-state index contributed by atoms with van der Waals surface area (Å²) in [6, 6.07) is 8.59. The van der Waals surface area contributed by atoms with E-state index in [2.05, 4.69) is 17.4 Å². The third-order valence-electron chi connectivity index (χ3n) is 2.73. The summed E-state index contributed by atoms with van der Waals surface area (Å²) < 4.78 is 0. The zero-order chi connectivity index (χ0) is 10.7. The molecule has 0 radical (unpaired) electrons. The number of rotatable bonds is 3. The number of carbonyl (C=O) groups excluding carboxylic acids is 1. The van der Waals surface area contributed by atoms with Gasteiger partial charge in [-0.2, -0.15) is 0 Å². The molecule has 0 spiro atoms. The van der Waals surface area contributed by atoms with Crippen LogP contribution in [-0.4, -0.2) is 23.7 Å². The standard InChI is InChI=1S/C11H14N2O2/c14-11(13-15)7-12-10-5-8-3-1-2-4-9(8)6-10/h1-4,10,12,15H,5-7H2,(H,13,14). The first-order chi connectivity index (χ1) is 7.29. The lowest BCUT2D eigenvalue weighted by Gasteiger charge is -2.09. The number of hydrogen-bond donors (Lipinski definition) is 3. The topological polar surface area (TPSA) is 61.4 Å². The first-order valence-corrected chi connectivity index (χ1v) is 5.02. The lowest BCUT2D eigenvalue weighted by atomic mass is 10.1. The van der Waals surface area contributed by atoms with Crippen molar-refractivity contribution in [3.05, 3.63) is 35.4 Å². The van der Waals surface area contributed by atoms with Gasteiger partial charge in [-0.25, -0.2) is 5.48 Å². The zero-order valence-corrected chi connectivity index (χ0v) is 8.36. The molecule has 3 N–H and O–H groups in total. The molecule has 2 rings (SSSR count). The maximum Gasteiger partial charge on any atom is 0.257 e. The molecule has 15 heavy (non-hydrogen) atoms. The number of carbonyl (C=O) groups is 1. The van der Waals surface area contributed by atoms with Gasteiger partial charge in [-0.3, -0.25) is 10.0 Å². The van der Waals surface area contributed by atoms with Crippen LogP contribution in [0.25, 0.3) is 0 Å². The molecule has 4 nitrogen and oxygen atoms in total. The highest BCUT2D eigenvalue weighted by Gasteiger charge is 2.20. The summed E-state index contributed by atoms with van der Waals surface area (Å²) in [6.07, 6.45) is 1.91. The third kappa shape index (κ3) is 2.34. The Bertz CT molecular complexity index is 340. The molecule has 0 aromatic heterocycles. The van der Waals surface area contributed by atoms with Crippen LogP contribution in [0.3, 0.4) is 0 Å². The highest BCUT2D eigenvalue weighted by atomic mass is 16.5. The van der Waals surface area contributed by atoms with E-state index in [1.54, 1.807) is 5.48 Å². The SMILES string of the molecule is O=C(CNC1Cc2ccccc2C1)NO. The van der Waals surface area contributed by atoms with Crippen molar-refractivity contribution >= 4 is 5.91 Å². The van der Waals surface area contributed by atoms with E-state index in [1.807, 2.05) is 12.1 Å². The number of fused-ring (bicyclic) bond motifs is 1. The Morgan fingerprint density at radius 2 is 1.93 bits per heavy atom. The number of benzene rings is 1. The first-order valence-electron chi connectivity index (χ1n) is 5.02. The van der Waals surface area contributed by atoms with Crippen LogP contribution in [0, 0.1) is 0 Å². The second-order valence-corrected chi connectivity index (χ2v) is 3.79. The molecule has 1 aromatic carbocycles. The molecule has 1 amide bonds. The average Bonchev–Trinajstić information content (AvgIpc) is 2.68. The van der Waals surface area contributed by atoms with Gasteiger partial charge in [0.1, 0.15) is 0 Å². The minimum Gasteiger partial charge on any atom is -0.305 e. The predicted octanol–water partition coefficient (Wildman–Crippen LogP) is 0.249. The van der Waals surface area contributed by atoms with E-state index < -0.39 is 5.91 Å². The van der Waals surface area contributed by atoms with Gasteiger partial charge in [-0.15, -0.1) is 0 Å². The highest BCUT2D eigenvalue weighted by molar-refractivity contribution is 5.76. The summed E-state index contributed by atoms with van der Waals surface area (Å²) in [5, 5.41) is 11.4. The fourth-order valence-corrected chi connectivity index (χ4v) is 1.98. The van der Waals surface area contributed by atoms with Gasteiger partial charge in [-0.1, -0.05) is 24.3 Å². The molecule has 0 saturated heterocycles. The Hall–Kier alpha value is -1.39. The van der Waals surface area contributed by atoms with Crippen LogP contribution in [0.15, 0.2) is 24.3 Å². The van der Waals surface area contributed by atoms with E-state index in [9.17, 15) is 4.79 Å². The van der Waals surface area contributed by atoms with Gasteiger partial charge in [0.05, 0.1) is 6.54 Å².